The summed E-state index contributed by atoms with van der Waals surface area (Å²) < 4.78 is 31.7. The summed E-state index contributed by atoms with van der Waals surface area (Å²) in [5.74, 6) is 0.566. The molecule has 30 heavy (non-hydrogen) atoms. The number of hydrogen-bond acceptors (Lipinski definition) is 6. The second-order valence-corrected chi connectivity index (χ2v) is 9.88. The van der Waals surface area contributed by atoms with Crippen molar-refractivity contribution in [3.63, 3.8) is 0 Å². The Labute approximate surface area is 174 Å². The molecular formula is C19H25N7O3S. The molecule has 0 aromatic carbocycles. The lowest BCUT2D eigenvalue weighted by molar-refractivity contribution is 0.172. The molecule has 3 aromatic rings. The Morgan fingerprint density at radius 1 is 1.17 bits per heavy atom. The smallest absolute Gasteiger partial charge is 0.266 e. The third-order valence-corrected chi connectivity index (χ3v) is 6.93. The zero-order valence-electron chi connectivity index (χ0n) is 17.4. The van der Waals surface area contributed by atoms with Crippen LogP contribution in [-0.4, -0.2) is 54.9 Å². The van der Waals surface area contributed by atoms with Crippen LogP contribution < -0.4 is 5.56 Å². The zero-order chi connectivity index (χ0) is 21.6. The SMILES string of the molecule is Cc1cc(C)n(-c2ccc(=O)n(CC3CN(S(=O)(=O)c4cn(C(C)C)cn4)C3)n2)n1. The fraction of sp³-hybridized carbons (Fsp3) is 0.474. The number of aryl methyl sites for hydroxylation is 2. The van der Waals surface area contributed by atoms with E-state index < -0.39 is 10.0 Å². The third kappa shape index (κ3) is 3.70. The molecule has 0 amide bonds. The summed E-state index contributed by atoms with van der Waals surface area (Å²) in [5, 5.41) is 8.88. The fourth-order valence-electron chi connectivity index (χ4n) is 3.49. The van der Waals surface area contributed by atoms with Gasteiger partial charge in [0.15, 0.2) is 10.8 Å². The van der Waals surface area contributed by atoms with Crippen molar-refractivity contribution in [2.45, 2.75) is 45.3 Å². The molecule has 1 saturated heterocycles. The minimum Gasteiger partial charge on any atom is -0.334 e. The van der Waals surface area contributed by atoms with Crippen LogP contribution in [0.5, 0.6) is 0 Å². The molecule has 4 heterocycles. The highest BCUT2D eigenvalue weighted by atomic mass is 32.2. The summed E-state index contributed by atoms with van der Waals surface area (Å²) in [6.07, 6.45) is 3.08. The Hall–Kier alpha value is -2.79. The Balaban J connectivity index is 1.46. The van der Waals surface area contributed by atoms with E-state index in [2.05, 4.69) is 15.2 Å². The molecule has 4 rings (SSSR count). The molecule has 0 atom stereocenters. The standard InChI is InChI=1S/C19H25N7O3S/c1-13(2)23-11-18(20-12-23)30(28,29)24-8-16(9-24)10-25-19(27)6-5-17(22-25)26-15(4)7-14(3)21-26/h5-7,11-13,16H,8-10H2,1-4H3. The minimum absolute atomic E-state index is 0.00728. The predicted molar refractivity (Wildman–Crippen MR) is 110 cm³/mol. The Kier molecular flexibility index (Phi) is 5.10. The van der Waals surface area contributed by atoms with Crippen molar-refractivity contribution in [3.05, 3.63) is 52.5 Å². The van der Waals surface area contributed by atoms with Gasteiger partial charge in [-0.15, -0.1) is 5.10 Å². The molecule has 160 valence electrons. The van der Waals surface area contributed by atoms with E-state index in [4.69, 9.17) is 0 Å². The van der Waals surface area contributed by atoms with Crippen molar-refractivity contribution in [3.8, 4) is 5.82 Å². The molecule has 10 nitrogen and oxygen atoms in total. The van der Waals surface area contributed by atoms with Crippen LogP contribution in [-0.2, 0) is 16.6 Å². The van der Waals surface area contributed by atoms with Gasteiger partial charge in [0.2, 0.25) is 0 Å². The first kappa shape index (κ1) is 20.5. The Bertz CT molecular complexity index is 1230. The minimum atomic E-state index is -3.62. The van der Waals surface area contributed by atoms with Gasteiger partial charge in [-0.05, 0) is 39.8 Å². The maximum atomic E-state index is 12.7. The van der Waals surface area contributed by atoms with Crippen molar-refractivity contribution < 1.29 is 8.42 Å². The van der Waals surface area contributed by atoms with E-state index in [0.717, 1.165) is 11.4 Å². The number of hydrogen-bond donors (Lipinski definition) is 0. The average molecular weight is 432 g/mol. The summed E-state index contributed by atoms with van der Waals surface area (Å²) in [4.78, 5) is 16.3. The summed E-state index contributed by atoms with van der Waals surface area (Å²) >= 11 is 0. The molecule has 1 aliphatic heterocycles. The highest BCUT2D eigenvalue weighted by Crippen LogP contribution is 2.25. The first-order chi connectivity index (χ1) is 14.1. The van der Waals surface area contributed by atoms with Gasteiger partial charge in [0.1, 0.15) is 0 Å². The monoisotopic (exact) mass is 431 g/mol. The molecule has 3 aromatic heterocycles. The maximum absolute atomic E-state index is 12.7. The lowest BCUT2D eigenvalue weighted by atomic mass is 10.0. The first-order valence-electron chi connectivity index (χ1n) is 9.80. The number of imidazole rings is 1. The van der Waals surface area contributed by atoms with Crippen LogP contribution in [0.3, 0.4) is 0 Å². The lowest BCUT2D eigenvalue weighted by Gasteiger charge is -2.37. The van der Waals surface area contributed by atoms with Crippen molar-refractivity contribution in [1.82, 2.24) is 33.4 Å². The molecule has 0 radical (unpaired) electrons. The molecule has 0 spiro atoms. The number of nitrogens with zero attached hydrogens (tertiary/aromatic N) is 7. The molecule has 0 saturated carbocycles. The zero-order valence-corrected chi connectivity index (χ0v) is 18.2. The van der Waals surface area contributed by atoms with Crippen LogP contribution in [0.4, 0.5) is 0 Å². The van der Waals surface area contributed by atoms with Gasteiger partial charge in [0.25, 0.3) is 15.6 Å². The van der Waals surface area contributed by atoms with Crippen LogP contribution in [0.1, 0.15) is 31.3 Å². The maximum Gasteiger partial charge on any atom is 0.266 e. The largest absolute Gasteiger partial charge is 0.334 e. The lowest BCUT2D eigenvalue weighted by Crippen LogP contribution is -2.52. The summed E-state index contributed by atoms with van der Waals surface area (Å²) in [5.41, 5.74) is 1.57. The fourth-order valence-corrected chi connectivity index (χ4v) is 5.00. The van der Waals surface area contributed by atoms with Gasteiger partial charge in [-0.25, -0.2) is 22.8 Å². The summed E-state index contributed by atoms with van der Waals surface area (Å²) in [6.45, 7) is 8.74. The van der Waals surface area contributed by atoms with Gasteiger partial charge in [-0.1, -0.05) is 0 Å². The molecule has 0 bridgehead atoms. The van der Waals surface area contributed by atoms with Crippen LogP contribution in [0.15, 0.2) is 40.5 Å². The van der Waals surface area contributed by atoms with E-state index in [1.165, 1.54) is 21.4 Å². The number of aromatic nitrogens is 6. The van der Waals surface area contributed by atoms with E-state index in [0.29, 0.717) is 25.5 Å². The normalized spacial score (nSPS) is 15.6. The second kappa shape index (κ2) is 7.47. The molecular weight excluding hydrogens is 406 g/mol. The van der Waals surface area contributed by atoms with Gasteiger partial charge >= 0.3 is 0 Å². The van der Waals surface area contributed by atoms with Crippen molar-refractivity contribution in [2.75, 3.05) is 13.1 Å². The van der Waals surface area contributed by atoms with Gasteiger partial charge in [0, 0.05) is 43.0 Å². The molecule has 11 heteroatoms. The van der Waals surface area contributed by atoms with E-state index >= 15 is 0 Å². The first-order valence-corrected chi connectivity index (χ1v) is 11.2. The van der Waals surface area contributed by atoms with Crippen molar-refractivity contribution in [1.29, 1.82) is 0 Å². The highest BCUT2D eigenvalue weighted by molar-refractivity contribution is 7.89. The average Bonchev–Trinajstić information content (AvgIpc) is 3.26. The van der Waals surface area contributed by atoms with Gasteiger partial charge in [0.05, 0.1) is 18.6 Å². The molecule has 1 aliphatic rings. The van der Waals surface area contributed by atoms with Crippen LogP contribution >= 0.6 is 0 Å². The van der Waals surface area contributed by atoms with Gasteiger partial charge in [-0.3, -0.25) is 4.79 Å². The summed E-state index contributed by atoms with van der Waals surface area (Å²) in [6, 6.07) is 5.18. The van der Waals surface area contributed by atoms with Gasteiger partial charge < -0.3 is 4.57 Å². The van der Waals surface area contributed by atoms with E-state index in [1.54, 1.807) is 21.5 Å². The molecule has 1 fully saturated rings. The number of sulfonamides is 1. The topological polar surface area (TPSA) is 108 Å². The van der Waals surface area contributed by atoms with Crippen molar-refractivity contribution in [2.24, 2.45) is 5.92 Å². The highest BCUT2D eigenvalue weighted by Gasteiger charge is 2.38. The summed E-state index contributed by atoms with van der Waals surface area (Å²) in [7, 11) is -3.62. The Morgan fingerprint density at radius 2 is 1.90 bits per heavy atom. The van der Waals surface area contributed by atoms with Gasteiger partial charge in [-0.2, -0.15) is 9.40 Å². The van der Waals surface area contributed by atoms with E-state index in [-0.39, 0.29) is 22.5 Å². The molecule has 0 N–H and O–H groups in total. The van der Waals surface area contributed by atoms with Crippen LogP contribution in [0, 0.1) is 19.8 Å². The molecule has 0 unspecified atom stereocenters. The number of rotatable bonds is 6. The van der Waals surface area contributed by atoms with Crippen LogP contribution in [0.25, 0.3) is 5.82 Å². The van der Waals surface area contributed by atoms with Crippen molar-refractivity contribution >= 4 is 10.0 Å². The van der Waals surface area contributed by atoms with Crippen LogP contribution in [0.2, 0.25) is 0 Å². The van der Waals surface area contributed by atoms with E-state index in [9.17, 15) is 13.2 Å². The molecule has 0 aliphatic carbocycles. The van der Waals surface area contributed by atoms with E-state index in [1.807, 2.05) is 33.8 Å². The Morgan fingerprint density at radius 3 is 2.50 bits per heavy atom. The third-order valence-electron chi connectivity index (χ3n) is 5.21. The predicted octanol–water partition coefficient (Wildman–Crippen LogP) is 1.14. The second-order valence-electron chi connectivity index (χ2n) is 7.99. The quantitative estimate of drug-likeness (QED) is 0.579.